The lowest BCUT2D eigenvalue weighted by atomic mass is 9.78. The van der Waals surface area contributed by atoms with E-state index in [0.29, 0.717) is 6.04 Å². The highest BCUT2D eigenvalue weighted by Crippen LogP contribution is 2.31. The lowest BCUT2D eigenvalue weighted by molar-refractivity contribution is 0.195. The fraction of sp³-hybridized carbons (Fsp3) is 0.588. The minimum absolute atomic E-state index is 0.278. The van der Waals surface area contributed by atoms with Gasteiger partial charge in [0.2, 0.25) is 0 Å². The summed E-state index contributed by atoms with van der Waals surface area (Å²) in [4.78, 5) is 8.14. The second-order valence-electron chi connectivity index (χ2n) is 6.40. The molecule has 0 spiro atoms. The summed E-state index contributed by atoms with van der Waals surface area (Å²) in [5.41, 5.74) is 2.18. The topological polar surface area (TPSA) is 40.7 Å². The molecule has 20 heavy (non-hydrogen) atoms. The Kier molecular flexibility index (Phi) is 3.79. The van der Waals surface area contributed by atoms with Gasteiger partial charge in [-0.1, -0.05) is 38.8 Å². The number of hydrogen-bond acceptors (Lipinski definition) is 2. The standard InChI is InChI=1S/C17H25N3/c1-11-7-6-10-14(12(11)2)18-13(3)17-19-15-8-4-5-9-16(15)20-17/h4-5,8-9,11-14,18H,6-7,10H2,1-3H3,(H,19,20). The lowest BCUT2D eigenvalue weighted by Gasteiger charge is -2.36. The van der Waals surface area contributed by atoms with E-state index in [1.807, 2.05) is 12.1 Å². The van der Waals surface area contributed by atoms with E-state index < -0.39 is 0 Å². The Morgan fingerprint density at radius 3 is 2.85 bits per heavy atom. The maximum Gasteiger partial charge on any atom is 0.124 e. The fourth-order valence-corrected chi connectivity index (χ4v) is 3.39. The number of H-pyrrole nitrogens is 1. The summed E-state index contributed by atoms with van der Waals surface area (Å²) in [5.74, 6) is 2.62. The minimum Gasteiger partial charge on any atom is -0.341 e. The molecule has 4 unspecified atom stereocenters. The van der Waals surface area contributed by atoms with Gasteiger partial charge in [0.25, 0.3) is 0 Å². The maximum absolute atomic E-state index is 4.70. The van der Waals surface area contributed by atoms with Crippen LogP contribution in [0.2, 0.25) is 0 Å². The third-order valence-electron chi connectivity index (χ3n) is 4.99. The molecule has 2 aromatic rings. The molecule has 1 aromatic heterocycles. The van der Waals surface area contributed by atoms with Crippen LogP contribution >= 0.6 is 0 Å². The SMILES string of the molecule is CC(NC1CCCC(C)C1C)c1nc2ccccc2[nH]1. The van der Waals surface area contributed by atoms with E-state index in [2.05, 4.69) is 43.2 Å². The first-order valence-corrected chi connectivity index (χ1v) is 7.86. The summed E-state index contributed by atoms with van der Waals surface area (Å²) in [7, 11) is 0. The van der Waals surface area contributed by atoms with Gasteiger partial charge >= 0.3 is 0 Å². The zero-order chi connectivity index (χ0) is 14.1. The maximum atomic E-state index is 4.70. The number of nitrogens with zero attached hydrogens (tertiary/aromatic N) is 1. The number of para-hydroxylation sites is 2. The molecule has 108 valence electrons. The van der Waals surface area contributed by atoms with Gasteiger partial charge in [-0.05, 0) is 37.3 Å². The predicted molar refractivity (Wildman–Crippen MR) is 83.6 cm³/mol. The lowest BCUT2D eigenvalue weighted by Crippen LogP contribution is -2.42. The highest BCUT2D eigenvalue weighted by molar-refractivity contribution is 5.74. The molecule has 0 amide bonds. The number of nitrogens with one attached hydrogen (secondary N) is 2. The fourth-order valence-electron chi connectivity index (χ4n) is 3.39. The van der Waals surface area contributed by atoms with Crippen LogP contribution in [0.4, 0.5) is 0 Å². The van der Waals surface area contributed by atoms with Gasteiger partial charge in [-0.3, -0.25) is 0 Å². The quantitative estimate of drug-likeness (QED) is 0.884. The highest BCUT2D eigenvalue weighted by atomic mass is 15.0. The van der Waals surface area contributed by atoms with Crippen LogP contribution in [0.25, 0.3) is 11.0 Å². The van der Waals surface area contributed by atoms with E-state index in [1.54, 1.807) is 0 Å². The number of aromatic amines is 1. The first-order chi connectivity index (χ1) is 9.65. The number of fused-ring (bicyclic) bond motifs is 1. The zero-order valence-corrected chi connectivity index (χ0v) is 12.7. The van der Waals surface area contributed by atoms with Crippen molar-refractivity contribution < 1.29 is 0 Å². The molecule has 1 fully saturated rings. The molecule has 0 aliphatic heterocycles. The van der Waals surface area contributed by atoms with Crippen molar-refractivity contribution in [1.29, 1.82) is 0 Å². The van der Waals surface area contributed by atoms with Gasteiger partial charge in [0.1, 0.15) is 5.82 Å². The van der Waals surface area contributed by atoms with Crippen molar-refractivity contribution >= 4 is 11.0 Å². The molecule has 1 aromatic carbocycles. The van der Waals surface area contributed by atoms with Crippen molar-refractivity contribution in [3.8, 4) is 0 Å². The molecule has 1 aliphatic carbocycles. The predicted octanol–water partition coefficient (Wildman–Crippen LogP) is 4.04. The van der Waals surface area contributed by atoms with Gasteiger partial charge in [0.05, 0.1) is 17.1 Å². The Morgan fingerprint density at radius 2 is 2.05 bits per heavy atom. The van der Waals surface area contributed by atoms with E-state index in [9.17, 15) is 0 Å². The van der Waals surface area contributed by atoms with Crippen molar-refractivity contribution in [2.24, 2.45) is 11.8 Å². The molecule has 3 nitrogen and oxygen atoms in total. The second-order valence-corrected chi connectivity index (χ2v) is 6.40. The third-order valence-corrected chi connectivity index (χ3v) is 4.99. The van der Waals surface area contributed by atoms with Gasteiger partial charge in [0, 0.05) is 6.04 Å². The summed E-state index contributed by atoms with van der Waals surface area (Å²) in [6.45, 7) is 6.97. The summed E-state index contributed by atoms with van der Waals surface area (Å²) >= 11 is 0. The minimum atomic E-state index is 0.278. The Bertz CT molecular complexity index is 541. The molecule has 0 bridgehead atoms. The first-order valence-electron chi connectivity index (χ1n) is 7.86. The van der Waals surface area contributed by atoms with Gasteiger partial charge in [-0.15, -0.1) is 0 Å². The molecular formula is C17H25N3. The van der Waals surface area contributed by atoms with Crippen LogP contribution in [0.1, 0.15) is 51.9 Å². The smallest absolute Gasteiger partial charge is 0.124 e. The van der Waals surface area contributed by atoms with E-state index >= 15 is 0 Å². The zero-order valence-electron chi connectivity index (χ0n) is 12.7. The first kappa shape index (κ1) is 13.6. The number of rotatable bonds is 3. The van der Waals surface area contributed by atoms with Crippen molar-refractivity contribution in [2.75, 3.05) is 0 Å². The van der Waals surface area contributed by atoms with Gasteiger partial charge in [0.15, 0.2) is 0 Å². The summed E-state index contributed by atoms with van der Waals surface area (Å²) < 4.78 is 0. The van der Waals surface area contributed by atoms with Crippen LogP contribution in [-0.4, -0.2) is 16.0 Å². The summed E-state index contributed by atoms with van der Waals surface area (Å²) in [6, 6.07) is 9.13. The molecule has 3 heteroatoms. The third kappa shape index (κ3) is 2.59. The molecule has 1 aliphatic rings. The van der Waals surface area contributed by atoms with Crippen LogP contribution in [0.15, 0.2) is 24.3 Å². The van der Waals surface area contributed by atoms with Crippen molar-refractivity contribution in [3.63, 3.8) is 0 Å². The molecule has 1 saturated carbocycles. The monoisotopic (exact) mass is 271 g/mol. The number of imidazole rings is 1. The molecule has 0 saturated heterocycles. The molecule has 0 radical (unpaired) electrons. The normalized spacial score (nSPS) is 28.6. The van der Waals surface area contributed by atoms with Gasteiger partial charge < -0.3 is 10.3 Å². The number of benzene rings is 1. The van der Waals surface area contributed by atoms with Gasteiger partial charge in [-0.2, -0.15) is 0 Å². The van der Waals surface area contributed by atoms with Crippen molar-refractivity contribution in [2.45, 2.75) is 52.1 Å². The van der Waals surface area contributed by atoms with Crippen LogP contribution in [0, 0.1) is 11.8 Å². The van der Waals surface area contributed by atoms with E-state index in [-0.39, 0.29) is 6.04 Å². The molecule has 4 atom stereocenters. The Balaban J connectivity index is 1.73. The van der Waals surface area contributed by atoms with Crippen molar-refractivity contribution in [1.82, 2.24) is 15.3 Å². The van der Waals surface area contributed by atoms with Crippen LogP contribution in [0.3, 0.4) is 0 Å². The Hall–Kier alpha value is -1.35. The Morgan fingerprint density at radius 1 is 1.25 bits per heavy atom. The van der Waals surface area contributed by atoms with E-state index in [4.69, 9.17) is 4.98 Å². The van der Waals surface area contributed by atoms with Crippen LogP contribution in [-0.2, 0) is 0 Å². The van der Waals surface area contributed by atoms with Crippen LogP contribution in [0.5, 0.6) is 0 Å². The largest absolute Gasteiger partial charge is 0.341 e. The summed E-state index contributed by atoms with van der Waals surface area (Å²) in [5, 5.41) is 3.78. The number of hydrogen-bond donors (Lipinski definition) is 2. The molecule has 1 heterocycles. The van der Waals surface area contributed by atoms with E-state index in [1.165, 1.54) is 19.3 Å². The Labute approximate surface area is 121 Å². The molecular weight excluding hydrogens is 246 g/mol. The van der Waals surface area contributed by atoms with Gasteiger partial charge in [-0.25, -0.2) is 4.98 Å². The molecule has 3 rings (SSSR count). The molecule has 2 N–H and O–H groups in total. The average molecular weight is 271 g/mol. The second kappa shape index (κ2) is 5.57. The highest BCUT2D eigenvalue weighted by Gasteiger charge is 2.28. The number of aromatic nitrogens is 2. The van der Waals surface area contributed by atoms with E-state index in [0.717, 1.165) is 28.7 Å². The van der Waals surface area contributed by atoms with Crippen molar-refractivity contribution in [3.05, 3.63) is 30.1 Å². The summed E-state index contributed by atoms with van der Waals surface area (Å²) in [6.07, 6.45) is 4.00. The average Bonchev–Trinajstić information content (AvgIpc) is 2.88. The van der Waals surface area contributed by atoms with Crippen LogP contribution < -0.4 is 5.32 Å².